The maximum atomic E-state index is 13.3. The Morgan fingerprint density at radius 1 is 1.07 bits per heavy atom. The van der Waals surface area contributed by atoms with Crippen LogP contribution >= 0.6 is 0 Å². The number of halogens is 1. The summed E-state index contributed by atoms with van der Waals surface area (Å²) in [7, 11) is 1.89. The van der Waals surface area contributed by atoms with Crippen LogP contribution in [-0.4, -0.2) is 20.7 Å². The van der Waals surface area contributed by atoms with E-state index in [-0.39, 0.29) is 11.5 Å². The molecule has 2 aromatic carbocycles. The third-order valence-corrected chi connectivity index (χ3v) is 4.72. The van der Waals surface area contributed by atoms with Gasteiger partial charge in [0.25, 0.3) is 5.91 Å². The normalized spacial score (nSPS) is 11.1. The molecule has 0 bridgehead atoms. The van der Waals surface area contributed by atoms with Crippen LogP contribution in [0.2, 0.25) is 0 Å². The number of nitrogens with two attached hydrogens (primary N) is 1. The van der Waals surface area contributed by atoms with Crippen molar-refractivity contribution in [1.82, 2.24) is 14.8 Å². The number of hydrogen-bond acceptors (Lipinski definition) is 3. The molecular formula is C22H19FN4O. The van der Waals surface area contributed by atoms with Crippen molar-refractivity contribution in [3.05, 3.63) is 83.6 Å². The first-order chi connectivity index (χ1) is 13.5. The van der Waals surface area contributed by atoms with Crippen LogP contribution in [0.1, 0.15) is 21.7 Å². The minimum Gasteiger partial charge on any atom is -0.364 e. The number of carbonyl (C=O) groups is 1. The van der Waals surface area contributed by atoms with Crippen LogP contribution in [0, 0.1) is 5.82 Å². The SMILES string of the molecule is Cn1ccc(CCc2ccc3c(-c4ccc(F)cc4)cc(C(N)=O)nc3c2)n1. The first kappa shape index (κ1) is 17.9. The second kappa shape index (κ2) is 7.23. The summed E-state index contributed by atoms with van der Waals surface area (Å²) in [6, 6.07) is 15.8. The maximum Gasteiger partial charge on any atom is 0.267 e. The zero-order valence-electron chi connectivity index (χ0n) is 15.4. The van der Waals surface area contributed by atoms with Gasteiger partial charge >= 0.3 is 0 Å². The minimum absolute atomic E-state index is 0.189. The summed E-state index contributed by atoms with van der Waals surface area (Å²) in [6.45, 7) is 0. The molecule has 4 aromatic rings. The summed E-state index contributed by atoms with van der Waals surface area (Å²) >= 11 is 0. The van der Waals surface area contributed by atoms with E-state index in [1.165, 1.54) is 12.1 Å². The van der Waals surface area contributed by atoms with Crippen molar-refractivity contribution in [3.63, 3.8) is 0 Å². The molecule has 0 aliphatic rings. The van der Waals surface area contributed by atoms with Gasteiger partial charge in [-0.25, -0.2) is 9.37 Å². The largest absolute Gasteiger partial charge is 0.364 e. The van der Waals surface area contributed by atoms with Gasteiger partial charge in [0, 0.05) is 18.6 Å². The molecule has 5 nitrogen and oxygen atoms in total. The molecule has 0 spiro atoms. The van der Waals surface area contributed by atoms with Crippen molar-refractivity contribution in [2.24, 2.45) is 12.8 Å². The zero-order valence-corrected chi connectivity index (χ0v) is 15.4. The lowest BCUT2D eigenvalue weighted by Crippen LogP contribution is -2.13. The molecule has 28 heavy (non-hydrogen) atoms. The lowest BCUT2D eigenvalue weighted by molar-refractivity contribution is 0.0996. The number of carbonyl (C=O) groups excluding carboxylic acids is 1. The molecular weight excluding hydrogens is 355 g/mol. The Hall–Kier alpha value is -3.54. The summed E-state index contributed by atoms with van der Waals surface area (Å²) in [6.07, 6.45) is 3.54. The molecule has 2 aromatic heterocycles. The van der Waals surface area contributed by atoms with Crippen molar-refractivity contribution in [1.29, 1.82) is 0 Å². The van der Waals surface area contributed by atoms with Gasteiger partial charge in [0.2, 0.25) is 0 Å². The summed E-state index contributed by atoms with van der Waals surface area (Å²) in [5, 5.41) is 5.28. The third kappa shape index (κ3) is 3.62. The van der Waals surface area contributed by atoms with Crippen molar-refractivity contribution in [2.75, 3.05) is 0 Å². The van der Waals surface area contributed by atoms with Gasteiger partial charge in [0.15, 0.2) is 0 Å². The molecule has 1 amide bonds. The molecule has 140 valence electrons. The van der Waals surface area contributed by atoms with Gasteiger partial charge < -0.3 is 5.73 Å². The number of primary amides is 1. The average Bonchev–Trinajstić information content (AvgIpc) is 3.11. The molecule has 0 atom stereocenters. The second-order valence-electron chi connectivity index (χ2n) is 6.76. The van der Waals surface area contributed by atoms with Gasteiger partial charge in [-0.1, -0.05) is 24.3 Å². The fraction of sp³-hybridized carbons (Fsp3) is 0.136. The predicted octanol–water partition coefficient (Wildman–Crippen LogP) is 3.66. The molecule has 6 heteroatoms. The average molecular weight is 374 g/mol. The van der Waals surface area contributed by atoms with Crippen LogP contribution < -0.4 is 5.73 Å². The van der Waals surface area contributed by atoms with Crippen LogP contribution in [0.5, 0.6) is 0 Å². The smallest absolute Gasteiger partial charge is 0.267 e. The van der Waals surface area contributed by atoms with E-state index < -0.39 is 5.91 Å². The zero-order chi connectivity index (χ0) is 19.7. The highest BCUT2D eigenvalue weighted by Crippen LogP contribution is 2.29. The highest BCUT2D eigenvalue weighted by atomic mass is 19.1. The van der Waals surface area contributed by atoms with Crippen LogP contribution in [-0.2, 0) is 19.9 Å². The van der Waals surface area contributed by atoms with Crippen LogP contribution in [0.25, 0.3) is 22.0 Å². The monoisotopic (exact) mass is 374 g/mol. The van der Waals surface area contributed by atoms with E-state index in [9.17, 15) is 9.18 Å². The van der Waals surface area contributed by atoms with E-state index in [2.05, 4.69) is 10.1 Å². The van der Waals surface area contributed by atoms with Gasteiger partial charge in [-0.15, -0.1) is 0 Å². The highest BCUT2D eigenvalue weighted by molar-refractivity contribution is 6.00. The van der Waals surface area contributed by atoms with Crippen LogP contribution in [0.3, 0.4) is 0 Å². The van der Waals surface area contributed by atoms with E-state index in [1.807, 2.05) is 37.5 Å². The fourth-order valence-corrected chi connectivity index (χ4v) is 3.29. The summed E-state index contributed by atoms with van der Waals surface area (Å²) in [5.74, 6) is -0.904. The maximum absolute atomic E-state index is 13.3. The molecule has 2 N–H and O–H groups in total. The van der Waals surface area contributed by atoms with Crippen molar-refractivity contribution < 1.29 is 9.18 Å². The van der Waals surface area contributed by atoms with E-state index in [0.29, 0.717) is 5.52 Å². The number of fused-ring (bicyclic) bond motifs is 1. The summed E-state index contributed by atoms with van der Waals surface area (Å²) in [4.78, 5) is 16.2. The van der Waals surface area contributed by atoms with Crippen molar-refractivity contribution >= 4 is 16.8 Å². The van der Waals surface area contributed by atoms with Gasteiger partial charge in [0.05, 0.1) is 11.2 Å². The van der Waals surface area contributed by atoms with Crippen LogP contribution in [0.4, 0.5) is 4.39 Å². The van der Waals surface area contributed by atoms with E-state index in [4.69, 9.17) is 5.73 Å². The van der Waals surface area contributed by atoms with Crippen molar-refractivity contribution in [3.8, 4) is 11.1 Å². The van der Waals surface area contributed by atoms with Gasteiger partial charge in [0.1, 0.15) is 11.5 Å². The predicted molar refractivity (Wildman–Crippen MR) is 106 cm³/mol. The Kier molecular flexibility index (Phi) is 4.61. The first-order valence-corrected chi connectivity index (χ1v) is 8.97. The molecule has 0 radical (unpaired) electrons. The van der Waals surface area contributed by atoms with Crippen molar-refractivity contribution in [2.45, 2.75) is 12.8 Å². The molecule has 4 rings (SSSR count). The molecule has 0 fully saturated rings. The number of amides is 1. The number of pyridine rings is 1. The van der Waals surface area contributed by atoms with E-state index >= 15 is 0 Å². The Morgan fingerprint density at radius 2 is 1.86 bits per heavy atom. The number of rotatable bonds is 5. The topological polar surface area (TPSA) is 73.8 Å². The molecule has 0 aliphatic carbocycles. The highest BCUT2D eigenvalue weighted by Gasteiger charge is 2.12. The van der Waals surface area contributed by atoms with Gasteiger partial charge in [-0.05, 0) is 59.9 Å². The molecule has 2 heterocycles. The van der Waals surface area contributed by atoms with Gasteiger partial charge in [-0.2, -0.15) is 5.10 Å². The summed E-state index contributed by atoms with van der Waals surface area (Å²) < 4.78 is 15.1. The fourth-order valence-electron chi connectivity index (χ4n) is 3.29. The second-order valence-corrected chi connectivity index (χ2v) is 6.76. The first-order valence-electron chi connectivity index (χ1n) is 8.97. The Labute approximate surface area is 161 Å². The number of nitrogens with zero attached hydrogens (tertiary/aromatic N) is 3. The number of benzene rings is 2. The Bertz CT molecular complexity index is 1170. The van der Waals surface area contributed by atoms with Gasteiger partial charge in [-0.3, -0.25) is 9.48 Å². The Morgan fingerprint density at radius 3 is 2.54 bits per heavy atom. The molecule has 0 saturated heterocycles. The lowest BCUT2D eigenvalue weighted by atomic mass is 9.97. The molecule has 0 aliphatic heterocycles. The third-order valence-electron chi connectivity index (χ3n) is 4.72. The summed E-state index contributed by atoms with van der Waals surface area (Å²) in [5.41, 5.74) is 10.1. The van der Waals surface area contributed by atoms with Crippen LogP contribution in [0.15, 0.2) is 60.8 Å². The quantitative estimate of drug-likeness (QED) is 0.579. The standard InChI is InChI=1S/C22H19FN4O/c1-27-11-10-17(26-27)8-2-14-3-9-18-19(15-4-6-16(23)7-5-15)13-21(22(24)28)25-20(18)12-14/h3-7,9-13H,2,8H2,1H3,(H2,24,28). The van der Waals surface area contributed by atoms with E-state index in [0.717, 1.165) is 40.6 Å². The lowest BCUT2D eigenvalue weighted by Gasteiger charge is -2.10. The van der Waals surface area contributed by atoms with E-state index in [1.54, 1.807) is 22.9 Å². The molecule has 0 saturated carbocycles. The number of aryl methyl sites for hydroxylation is 3. The Balaban J connectivity index is 1.75. The number of aromatic nitrogens is 3. The minimum atomic E-state index is -0.593. The number of hydrogen-bond donors (Lipinski definition) is 1. The molecule has 0 unspecified atom stereocenters.